The first-order valence-electron chi connectivity index (χ1n) is 6.07. The second kappa shape index (κ2) is 5.45. The second-order valence-electron chi connectivity index (χ2n) is 4.65. The van der Waals surface area contributed by atoms with Gasteiger partial charge < -0.3 is 10.6 Å². The second-order valence-corrected chi connectivity index (χ2v) is 4.65. The quantitative estimate of drug-likeness (QED) is 0.848. The van der Waals surface area contributed by atoms with Gasteiger partial charge in [-0.15, -0.1) is 0 Å². The Kier molecular flexibility index (Phi) is 3.94. The fourth-order valence-electron chi connectivity index (χ4n) is 2.16. The topological polar surface area (TPSA) is 24.1 Å². The number of aryl methyl sites for hydroxylation is 1. The lowest BCUT2D eigenvalue weighted by Gasteiger charge is -2.23. The van der Waals surface area contributed by atoms with Gasteiger partial charge in [0.25, 0.3) is 0 Å². The van der Waals surface area contributed by atoms with Crippen LogP contribution in [-0.2, 0) is 0 Å². The van der Waals surface area contributed by atoms with Crippen LogP contribution in [0, 0.1) is 24.5 Å². The van der Waals surface area contributed by atoms with Crippen LogP contribution in [0.3, 0.4) is 0 Å². The number of anilines is 1. The largest absolute Gasteiger partial charge is 0.380 e. The molecule has 0 amide bonds. The fourth-order valence-corrected chi connectivity index (χ4v) is 2.16. The molecule has 1 unspecified atom stereocenters. The predicted octanol–water partition coefficient (Wildman–Crippen LogP) is 2.68. The summed E-state index contributed by atoms with van der Waals surface area (Å²) < 4.78 is 27.2. The number of piperidine rings is 1. The van der Waals surface area contributed by atoms with Gasteiger partial charge in [-0.2, -0.15) is 0 Å². The van der Waals surface area contributed by atoms with E-state index < -0.39 is 11.6 Å². The summed E-state index contributed by atoms with van der Waals surface area (Å²) in [5.41, 5.74) is 0.478. The molecular weight excluding hydrogens is 222 g/mol. The van der Waals surface area contributed by atoms with E-state index in [9.17, 15) is 8.78 Å². The third-order valence-electron chi connectivity index (χ3n) is 3.25. The highest BCUT2D eigenvalue weighted by Gasteiger charge is 2.15. The molecule has 1 aromatic carbocycles. The zero-order valence-corrected chi connectivity index (χ0v) is 10.0. The van der Waals surface area contributed by atoms with Crippen LogP contribution in [0.2, 0.25) is 0 Å². The average Bonchev–Trinajstić information content (AvgIpc) is 2.35. The lowest BCUT2D eigenvalue weighted by atomic mass is 9.99. The van der Waals surface area contributed by atoms with Crippen molar-refractivity contribution in [3.05, 3.63) is 29.3 Å². The molecule has 17 heavy (non-hydrogen) atoms. The zero-order chi connectivity index (χ0) is 12.3. The molecular formula is C13H18F2N2. The van der Waals surface area contributed by atoms with Crippen LogP contribution in [0.15, 0.2) is 12.1 Å². The molecule has 1 fully saturated rings. The van der Waals surface area contributed by atoms with Crippen molar-refractivity contribution in [2.45, 2.75) is 19.8 Å². The molecule has 0 radical (unpaired) electrons. The Balaban J connectivity index is 2.00. The summed E-state index contributed by atoms with van der Waals surface area (Å²) >= 11 is 0. The van der Waals surface area contributed by atoms with Gasteiger partial charge in [0.2, 0.25) is 0 Å². The van der Waals surface area contributed by atoms with Gasteiger partial charge in [0, 0.05) is 6.54 Å². The van der Waals surface area contributed by atoms with Gasteiger partial charge in [-0.25, -0.2) is 8.78 Å². The van der Waals surface area contributed by atoms with Crippen LogP contribution in [0.5, 0.6) is 0 Å². The van der Waals surface area contributed by atoms with Crippen LogP contribution >= 0.6 is 0 Å². The Morgan fingerprint density at radius 2 is 2.24 bits per heavy atom. The number of hydrogen-bond acceptors (Lipinski definition) is 2. The van der Waals surface area contributed by atoms with E-state index in [2.05, 4.69) is 10.6 Å². The molecule has 1 atom stereocenters. The molecule has 1 heterocycles. The Hall–Kier alpha value is -1.16. The van der Waals surface area contributed by atoms with E-state index >= 15 is 0 Å². The van der Waals surface area contributed by atoms with Gasteiger partial charge in [-0.1, -0.05) is 6.07 Å². The maximum atomic E-state index is 13.7. The van der Waals surface area contributed by atoms with E-state index in [0.29, 0.717) is 18.0 Å². The van der Waals surface area contributed by atoms with Gasteiger partial charge >= 0.3 is 0 Å². The monoisotopic (exact) mass is 240 g/mol. The lowest BCUT2D eigenvalue weighted by Crippen LogP contribution is -2.33. The van der Waals surface area contributed by atoms with E-state index in [0.717, 1.165) is 25.9 Å². The van der Waals surface area contributed by atoms with Crippen molar-refractivity contribution in [1.82, 2.24) is 5.32 Å². The third-order valence-corrected chi connectivity index (χ3v) is 3.25. The van der Waals surface area contributed by atoms with Crippen molar-refractivity contribution in [3.63, 3.8) is 0 Å². The highest BCUT2D eigenvalue weighted by atomic mass is 19.1. The molecule has 2 nitrogen and oxygen atoms in total. The number of rotatable bonds is 3. The molecule has 0 spiro atoms. The van der Waals surface area contributed by atoms with Crippen molar-refractivity contribution in [2.24, 2.45) is 5.92 Å². The summed E-state index contributed by atoms with van der Waals surface area (Å²) in [6, 6.07) is 2.76. The summed E-state index contributed by atoms with van der Waals surface area (Å²) in [5.74, 6) is -0.548. The minimum absolute atomic E-state index is 0.00979. The fraction of sp³-hybridized carbons (Fsp3) is 0.538. The Bertz CT molecular complexity index is 387. The highest BCUT2D eigenvalue weighted by molar-refractivity contribution is 5.48. The minimum atomic E-state index is -0.517. The van der Waals surface area contributed by atoms with Gasteiger partial charge in [-0.05, 0) is 50.4 Å². The number of nitrogens with one attached hydrogen (secondary N) is 2. The lowest BCUT2D eigenvalue weighted by molar-refractivity contribution is 0.392. The van der Waals surface area contributed by atoms with Crippen LogP contribution in [0.1, 0.15) is 18.4 Å². The average molecular weight is 240 g/mol. The molecule has 94 valence electrons. The normalized spacial score (nSPS) is 20.3. The van der Waals surface area contributed by atoms with Crippen molar-refractivity contribution in [3.8, 4) is 0 Å². The van der Waals surface area contributed by atoms with E-state index in [1.165, 1.54) is 12.1 Å². The number of hydrogen-bond donors (Lipinski definition) is 2. The molecule has 0 saturated carbocycles. The summed E-state index contributed by atoms with van der Waals surface area (Å²) in [4.78, 5) is 0. The van der Waals surface area contributed by atoms with E-state index in [1.54, 1.807) is 6.92 Å². The van der Waals surface area contributed by atoms with Crippen LogP contribution in [-0.4, -0.2) is 19.6 Å². The SMILES string of the molecule is Cc1ccc(F)c(NCC2CCCNC2)c1F. The van der Waals surface area contributed by atoms with E-state index in [4.69, 9.17) is 0 Å². The molecule has 0 bridgehead atoms. The maximum Gasteiger partial charge on any atom is 0.152 e. The number of halogens is 2. The summed E-state index contributed by atoms with van der Waals surface area (Å²) in [6.07, 6.45) is 2.24. The summed E-state index contributed by atoms with van der Waals surface area (Å²) in [7, 11) is 0. The first-order valence-corrected chi connectivity index (χ1v) is 6.07. The minimum Gasteiger partial charge on any atom is -0.380 e. The standard InChI is InChI=1S/C13H18F2N2/c1-9-4-5-11(14)13(12(9)15)17-8-10-3-2-6-16-7-10/h4-5,10,16-17H,2-3,6-8H2,1H3. The smallest absolute Gasteiger partial charge is 0.152 e. The maximum absolute atomic E-state index is 13.7. The van der Waals surface area contributed by atoms with E-state index in [1.807, 2.05) is 0 Å². The molecule has 0 aliphatic carbocycles. The molecule has 1 aromatic rings. The molecule has 0 aromatic heterocycles. The van der Waals surface area contributed by atoms with Gasteiger partial charge in [-0.3, -0.25) is 0 Å². The summed E-state index contributed by atoms with van der Waals surface area (Å²) in [5, 5.41) is 6.19. The molecule has 4 heteroatoms. The van der Waals surface area contributed by atoms with Crippen molar-refractivity contribution >= 4 is 5.69 Å². The predicted molar refractivity (Wildman–Crippen MR) is 65.2 cm³/mol. The highest BCUT2D eigenvalue weighted by Crippen LogP contribution is 2.22. The first kappa shape index (κ1) is 12.3. The number of benzene rings is 1. The van der Waals surface area contributed by atoms with Crippen molar-refractivity contribution in [2.75, 3.05) is 25.0 Å². The van der Waals surface area contributed by atoms with Crippen molar-refractivity contribution in [1.29, 1.82) is 0 Å². The molecule has 1 saturated heterocycles. The first-order chi connectivity index (χ1) is 8.18. The third kappa shape index (κ3) is 2.94. The van der Waals surface area contributed by atoms with Gasteiger partial charge in [0.15, 0.2) is 5.82 Å². The Labute approximate surface area is 100 Å². The van der Waals surface area contributed by atoms with Crippen LogP contribution in [0.25, 0.3) is 0 Å². The van der Waals surface area contributed by atoms with Crippen molar-refractivity contribution < 1.29 is 8.78 Å². The molecule has 1 aliphatic heterocycles. The zero-order valence-electron chi connectivity index (χ0n) is 10.0. The summed E-state index contributed by atoms with van der Waals surface area (Å²) in [6.45, 7) is 4.22. The Morgan fingerprint density at radius 3 is 2.94 bits per heavy atom. The Morgan fingerprint density at radius 1 is 1.41 bits per heavy atom. The molecule has 1 aliphatic rings. The molecule has 2 N–H and O–H groups in total. The van der Waals surface area contributed by atoms with Gasteiger partial charge in [0.05, 0.1) is 0 Å². The van der Waals surface area contributed by atoms with Crippen LogP contribution in [0.4, 0.5) is 14.5 Å². The van der Waals surface area contributed by atoms with E-state index in [-0.39, 0.29) is 5.69 Å². The molecule has 2 rings (SSSR count). The van der Waals surface area contributed by atoms with Gasteiger partial charge in [0.1, 0.15) is 11.5 Å². The van der Waals surface area contributed by atoms with Crippen LogP contribution < -0.4 is 10.6 Å².